The summed E-state index contributed by atoms with van der Waals surface area (Å²) in [6.07, 6.45) is 5.39. The van der Waals surface area contributed by atoms with Gasteiger partial charge in [0.05, 0.1) is 9.78 Å². The van der Waals surface area contributed by atoms with Gasteiger partial charge in [-0.15, -0.1) is 0 Å². The van der Waals surface area contributed by atoms with Gasteiger partial charge in [0.1, 0.15) is 5.58 Å². The Morgan fingerprint density at radius 3 is 3.00 bits per heavy atom. The van der Waals surface area contributed by atoms with Crippen LogP contribution in [0.1, 0.15) is 16.1 Å². The van der Waals surface area contributed by atoms with E-state index in [1.807, 2.05) is 42.2 Å². The number of benzene rings is 1. The number of furan rings is 1. The van der Waals surface area contributed by atoms with E-state index in [0.717, 1.165) is 19.0 Å². The van der Waals surface area contributed by atoms with Gasteiger partial charge in [-0.1, -0.05) is 15.9 Å². The van der Waals surface area contributed by atoms with Crippen molar-refractivity contribution in [3.63, 3.8) is 0 Å². The maximum Gasteiger partial charge on any atom is 0.307 e. The molecule has 5 nitrogen and oxygen atoms in total. The standard InChI is InChI=1S/C15H11BrIN3O2/c1-20-3-2-9(8-20)7-18-19-15(21)13-5-10-4-11(16)6-12(17)14(10)22-13/h2-8H,1H3,(H,19,21)/b18-7-. The van der Waals surface area contributed by atoms with Gasteiger partial charge in [-0.2, -0.15) is 5.10 Å². The Balaban J connectivity index is 1.77. The Kier molecular flexibility index (Phi) is 4.34. The fraction of sp³-hybridized carbons (Fsp3) is 0.0667. The second-order valence-corrected chi connectivity index (χ2v) is 6.80. The van der Waals surface area contributed by atoms with Crippen LogP contribution in [0.2, 0.25) is 0 Å². The topological polar surface area (TPSA) is 59.5 Å². The smallest absolute Gasteiger partial charge is 0.307 e. The Morgan fingerprint density at radius 1 is 1.45 bits per heavy atom. The van der Waals surface area contributed by atoms with Gasteiger partial charge in [0.15, 0.2) is 5.76 Å². The van der Waals surface area contributed by atoms with Crippen LogP contribution >= 0.6 is 38.5 Å². The largest absolute Gasteiger partial charge is 0.450 e. The lowest BCUT2D eigenvalue weighted by molar-refractivity contribution is 0.0929. The van der Waals surface area contributed by atoms with Gasteiger partial charge in [-0.3, -0.25) is 4.79 Å². The lowest BCUT2D eigenvalue weighted by atomic mass is 10.2. The van der Waals surface area contributed by atoms with E-state index in [0.29, 0.717) is 5.58 Å². The number of aromatic nitrogens is 1. The SMILES string of the molecule is Cn1ccc(/C=N\NC(=O)c2cc3cc(Br)cc(I)c3o2)c1. The van der Waals surface area contributed by atoms with E-state index in [2.05, 4.69) is 49.0 Å². The molecule has 0 saturated carbocycles. The zero-order chi connectivity index (χ0) is 15.7. The highest BCUT2D eigenvalue weighted by Gasteiger charge is 2.14. The van der Waals surface area contributed by atoms with E-state index >= 15 is 0 Å². The molecule has 0 unspecified atom stereocenters. The first kappa shape index (κ1) is 15.3. The third-order valence-corrected chi connectivity index (χ3v) is 4.25. The van der Waals surface area contributed by atoms with Crippen molar-refractivity contribution in [1.29, 1.82) is 0 Å². The monoisotopic (exact) mass is 471 g/mol. The average molecular weight is 472 g/mol. The second kappa shape index (κ2) is 6.25. The van der Waals surface area contributed by atoms with Gasteiger partial charge in [0.2, 0.25) is 0 Å². The number of nitrogens with zero attached hydrogens (tertiary/aromatic N) is 2. The molecule has 0 saturated heterocycles. The molecule has 0 aliphatic carbocycles. The number of rotatable bonds is 3. The summed E-state index contributed by atoms with van der Waals surface area (Å²) < 4.78 is 9.39. The summed E-state index contributed by atoms with van der Waals surface area (Å²) in [6.45, 7) is 0. The Labute approximate surface area is 148 Å². The number of fused-ring (bicyclic) bond motifs is 1. The van der Waals surface area contributed by atoms with Gasteiger partial charge < -0.3 is 8.98 Å². The van der Waals surface area contributed by atoms with Crippen molar-refractivity contribution < 1.29 is 9.21 Å². The maximum atomic E-state index is 12.1. The number of hydrogen-bond acceptors (Lipinski definition) is 3. The van der Waals surface area contributed by atoms with Crippen molar-refractivity contribution in [2.24, 2.45) is 12.1 Å². The predicted molar refractivity (Wildman–Crippen MR) is 97.1 cm³/mol. The van der Waals surface area contributed by atoms with E-state index in [1.54, 1.807) is 12.3 Å². The van der Waals surface area contributed by atoms with Gasteiger partial charge in [0.25, 0.3) is 0 Å². The van der Waals surface area contributed by atoms with E-state index in [4.69, 9.17) is 4.42 Å². The van der Waals surface area contributed by atoms with Crippen molar-refractivity contribution in [2.75, 3.05) is 0 Å². The fourth-order valence-electron chi connectivity index (χ4n) is 2.01. The Hall–Kier alpha value is -1.61. The van der Waals surface area contributed by atoms with E-state index in [9.17, 15) is 4.79 Å². The lowest BCUT2D eigenvalue weighted by Gasteiger charge is -1.95. The predicted octanol–water partition coefficient (Wildman–Crippen LogP) is 3.90. The minimum absolute atomic E-state index is 0.233. The van der Waals surface area contributed by atoms with E-state index in [-0.39, 0.29) is 11.7 Å². The van der Waals surface area contributed by atoms with Crippen LogP contribution in [-0.4, -0.2) is 16.7 Å². The summed E-state index contributed by atoms with van der Waals surface area (Å²) in [4.78, 5) is 12.1. The molecule has 7 heteroatoms. The minimum atomic E-state index is -0.379. The zero-order valence-corrected chi connectivity index (χ0v) is 15.3. The molecule has 0 aliphatic heterocycles. The summed E-state index contributed by atoms with van der Waals surface area (Å²) >= 11 is 5.60. The average Bonchev–Trinajstić information content (AvgIpc) is 3.05. The van der Waals surface area contributed by atoms with Crippen LogP contribution in [0.4, 0.5) is 0 Å². The molecule has 1 amide bonds. The summed E-state index contributed by atoms with van der Waals surface area (Å²) in [6, 6.07) is 7.44. The van der Waals surface area contributed by atoms with Gasteiger partial charge >= 0.3 is 5.91 Å². The first-order valence-corrected chi connectivity index (χ1v) is 8.24. The number of halogens is 2. The summed E-state index contributed by atoms with van der Waals surface area (Å²) in [5.41, 5.74) is 4.07. The van der Waals surface area contributed by atoms with Crippen molar-refractivity contribution in [1.82, 2.24) is 9.99 Å². The number of amides is 1. The molecule has 3 aromatic rings. The number of nitrogens with one attached hydrogen (secondary N) is 1. The minimum Gasteiger partial charge on any atom is -0.450 e. The maximum absolute atomic E-state index is 12.1. The summed E-state index contributed by atoms with van der Waals surface area (Å²) in [5, 5.41) is 4.80. The van der Waals surface area contributed by atoms with Crippen LogP contribution in [0.3, 0.4) is 0 Å². The van der Waals surface area contributed by atoms with E-state index in [1.165, 1.54) is 0 Å². The lowest BCUT2D eigenvalue weighted by Crippen LogP contribution is -2.16. The van der Waals surface area contributed by atoms with Crippen molar-refractivity contribution >= 4 is 61.6 Å². The molecular weight excluding hydrogens is 461 g/mol. The van der Waals surface area contributed by atoms with Crippen LogP contribution in [0.15, 0.2) is 50.7 Å². The Morgan fingerprint density at radius 2 is 2.27 bits per heavy atom. The molecule has 2 aromatic heterocycles. The van der Waals surface area contributed by atoms with Gasteiger partial charge in [0, 0.05) is 34.9 Å². The normalized spacial score (nSPS) is 11.4. The van der Waals surface area contributed by atoms with Crippen LogP contribution < -0.4 is 5.43 Å². The van der Waals surface area contributed by atoms with Crippen LogP contribution in [0.25, 0.3) is 11.0 Å². The molecule has 3 rings (SSSR count). The quantitative estimate of drug-likeness (QED) is 0.357. The van der Waals surface area contributed by atoms with Crippen LogP contribution in [-0.2, 0) is 7.05 Å². The molecule has 112 valence electrons. The molecule has 2 heterocycles. The molecule has 22 heavy (non-hydrogen) atoms. The summed E-state index contributed by atoms with van der Waals surface area (Å²) in [7, 11) is 1.92. The van der Waals surface area contributed by atoms with E-state index < -0.39 is 0 Å². The molecule has 1 aromatic carbocycles. The van der Waals surface area contributed by atoms with Gasteiger partial charge in [-0.05, 0) is 46.9 Å². The van der Waals surface area contributed by atoms with Crippen molar-refractivity contribution in [3.05, 3.63) is 56.0 Å². The first-order valence-electron chi connectivity index (χ1n) is 6.37. The van der Waals surface area contributed by atoms with Crippen LogP contribution in [0.5, 0.6) is 0 Å². The van der Waals surface area contributed by atoms with Gasteiger partial charge in [-0.25, -0.2) is 5.43 Å². The number of carbonyl (C=O) groups excluding carboxylic acids is 1. The molecule has 0 radical (unpaired) electrons. The highest BCUT2D eigenvalue weighted by atomic mass is 127. The molecular formula is C15H11BrIN3O2. The molecule has 0 spiro atoms. The second-order valence-electron chi connectivity index (χ2n) is 4.73. The number of aryl methyl sites for hydroxylation is 1. The molecule has 0 aliphatic rings. The number of hydrogen-bond donors (Lipinski definition) is 1. The fourth-order valence-corrected chi connectivity index (χ4v) is 3.67. The van der Waals surface area contributed by atoms with Crippen molar-refractivity contribution in [3.8, 4) is 0 Å². The number of hydrazone groups is 1. The molecule has 0 fully saturated rings. The zero-order valence-electron chi connectivity index (χ0n) is 11.5. The number of carbonyl (C=O) groups is 1. The first-order chi connectivity index (χ1) is 10.5. The molecule has 0 bridgehead atoms. The Bertz CT molecular complexity index is 882. The third kappa shape index (κ3) is 3.25. The molecule has 1 N–H and O–H groups in total. The summed E-state index contributed by atoms with van der Waals surface area (Å²) in [5.74, 6) is -0.147. The highest BCUT2D eigenvalue weighted by molar-refractivity contribution is 14.1. The van der Waals surface area contributed by atoms with Crippen molar-refractivity contribution in [2.45, 2.75) is 0 Å². The third-order valence-electron chi connectivity index (χ3n) is 2.99. The molecule has 0 atom stereocenters. The van der Waals surface area contributed by atoms with Crippen LogP contribution in [0, 0.1) is 3.57 Å². The highest BCUT2D eigenvalue weighted by Crippen LogP contribution is 2.28.